The number of nitrogens with zero attached hydrogens (tertiary/aromatic N) is 1. The first-order chi connectivity index (χ1) is 10.2. The molecule has 0 spiro atoms. The standard InChI is InChI=1S/C17H27FN2O/c1-3-8-19-12-14-6-9-20(10-7-14)13-15-4-5-17(21-2)16(18)11-15/h4-5,11,14,19H,3,6-10,12-13H2,1-2H3. The minimum absolute atomic E-state index is 0.270. The fourth-order valence-corrected chi connectivity index (χ4v) is 2.90. The fraction of sp³-hybridized carbons (Fsp3) is 0.647. The van der Waals surface area contributed by atoms with Gasteiger partial charge in [0.15, 0.2) is 11.6 Å². The van der Waals surface area contributed by atoms with Crippen molar-refractivity contribution in [2.75, 3.05) is 33.3 Å². The van der Waals surface area contributed by atoms with E-state index in [1.54, 1.807) is 12.1 Å². The van der Waals surface area contributed by atoms with E-state index in [0.29, 0.717) is 5.75 Å². The quantitative estimate of drug-likeness (QED) is 0.782. The molecular weight excluding hydrogens is 267 g/mol. The molecule has 1 heterocycles. The molecule has 0 amide bonds. The second-order valence-corrected chi connectivity index (χ2v) is 5.89. The van der Waals surface area contributed by atoms with Crippen molar-refractivity contribution in [3.63, 3.8) is 0 Å². The molecule has 0 atom stereocenters. The molecule has 0 saturated carbocycles. The second kappa shape index (κ2) is 8.35. The number of piperidine rings is 1. The van der Waals surface area contributed by atoms with E-state index in [1.807, 2.05) is 6.07 Å². The summed E-state index contributed by atoms with van der Waals surface area (Å²) < 4.78 is 18.6. The molecule has 118 valence electrons. The Morgan fingerprint density at radius 3 is 2.71 bits per heavy atom. The summed E-state index contributed by atoms with van der Waals surface area (Å²) in [6.07, 6.45) is 3.66. The third-order valence-corrected chi connectivity index (χ3v) is 4.19. The highest BCUT2D eigenvalue weighted by Gasteiger charge is 2.19. The van der Waals surface area contributed by atoms with Gasteiger partial charge in [-0.25, -0.2) is 4.39 Å². The average molecular weight is 294 g/mol. The average Bonchev–Trinajstić information content (AvgIpc) is 2.49. The van der Waals surface area contributed by atoms with Crippen LogP contribution < -0.4 is 10.1 Å². The summed E-state index contributed by atoms with van der Waals surface area (Å²) in [4.78, 5) is 2.41. The van der Waals surface area contributed by atoms with Gasteiger partial charge >= 0.3 is 0 Å². The zero-order valence-corrected chi connectivity index (χ0v) is 13.2. The Morgan fingerprint density at radius 1 is 1.33 bits per heavy atom. The van der Waals surface area contributed by atoms with E-state index in [4.69, 9.17) is 4.74 Å². The highest BCUT2D eigenvalue weighted by Crippen LogP contribution is 2.21. The number of hydrogen-bond donors (Lipinski definition) is 1. The minimum Gasteiger partial charge on any atom is -0.494 e. The zero-order valence-electron chi connectivity index (χ0n) is 13.2. The Kier molecular flexibility index (Phi) is 6.46. The Labute approximate surface area is 127 Å². The molecule has 1 saturated heterocycles. The second-order valence-electron chi connectivity index (χ2n) is 5.89. The maximum Gasteiger partial charge on any atom is 0.165 e. The molecule has 1 aliphatic rings. The van der Waals surface area contributed by atoms with Crippen molar-refractivity contribution in [1.82, 2.24) is 10.2 Å². The molecule has 0 bridgehead atoms. The van der Waals surface area contributed by atoms with Gasteiger partial charge in [-0.2, -0.15) is 0 Å². The van der Waals surface area contributed by atoms with Crippen molar-refractivity contribution < 1.29 is 9.13 Å². The molecule has 0 radical (unpaired) electrons. The largest absolute Gasteiger partial charge is 0.494 e. The lowest BCUT2D eigenvalue weighted by Crippen LogP contribution is -2.37. The van der Waals surface area contributed by atoms with Crippen LogP contribution in [0.4, 0.5) is 4.39 Å². The maximum absolute atomic E-state index is 13.7. The summed E-state index contributed by atoms with van der Waals surface area (Å²) in [6, 6.07) is 5.26. The SMILES string of the molecule is CCCNCC1CCN(Cc2ccc(OC)c(F)c2)CC1. The van der Waals surface area contributed by atoms with Crippen LogP contribution in [0.3, 0.4) is 0 Å². The third-order valence-electron chi connectivity index (χ3n) is 4.19. The number of nitrogens with one attached hydrogen (secondary N) is 1. The number of likely N-dealkylation sites (tertiary alicyclic amines) is 1. The summed E-state index contributed by atoms with van der Waals surface area (Å²) in [5.41, 5.74) is 1.02. The van der Waals surface area contributed by atoms with Gasteiger partial charge in [0, 0.05) is 6.54 Å². The molecule has 21 heavy (non-hydrogen) atoms. The first-order valence-corrected chi connectivity index (χ1v) is 7.98. The number of hydrogen-bond acceptors (Lipinski definition) is 3. The van der Waals surface area contributed by atoms with Crippen molar-refractivity contribution in [2.45, 2.75) is 32.7 Å². The Balaban J connectivity index is 1.77. The predicted molar refractivity (Wildman–Crippen MR) is 84.1 cm³/mol. The number of halogens is 1. The normalized spacial score (nSPS) is 17.1. The van der Waals surface area contributed by atoms with Crippen molar-refractivity contribution in [3.8, 4) is 5.75 Å². The van der Waals surface area contributed by atoms with E-state index < -0.39 is 0 Å². The third kappa shape index (κ3) is 4.97. The van der Waals surface area contributed by atoms with Crippen molar-refractivity contribution in [3.05, 3.63) is 29.6 Å². The van der Waals surface area contributed by atoms with Gasteiger partial charge in [0.05, 0.1) is 7.11 Å². The summed E-state index contributed by atoms with van der Waals surface area (Å²) in [5.74, 6) is 0.841. The molecule has 0 aromatic heterocycles. The summed E-state index contributed by atoms with van der Waals surface area (Å²) >= 11 is 0. The molecule has 1 fully saturated rings. The predicted octanol–water partition coefficient (Wildman–Crippen LogP) is 3.05. The minimum atomic E-state index is -0.270. The molecule has 0 aliphatic carbocycles. The smallest absolute Gasteiger partial charge is 0.165 e. The van der Waals surface area contributed by atoms with Crippen LogP contribution in [0.1, 0.15) is 31.7 Å². The van der Waals surface area contributed by atoms with Crippen molar-refractivity contribution in [2.24, 2.45) is 5.92 Å². The first-order valence-electron chi connectivity index (χ1n) is 7.98. The van der Waals surface area contributed by atoms with Gasteiger partial charge in [0.1, 0.15) is 0 Å². The summed E-state index contributed by atoms with van der Waals surface area (Å²) in [7, 11) is 1.50. The van der Waals surface area contributed by atoms with E-state index in [9.17, 15) is 4.39 Å². The maximum atomic E-state index is 13.7. The Morgan fingerprint density at radius 2 is 2.10 bits per heavy atom. The molecule has 2 rings (SSSR count). The number of methoxy groups -OCH3 is 1. The zero-order chi connectivity index (χ0) is 15.1. The van der Waals surface area contributed by atoms with Crippen LogP contribution >= 0.6 is 0 Å². The molecular formula is C17H27FN2O. The van der Waals surface area contributed by atoms with E-state index >= 15 is 0 Å². The first kappa shape index (κ1) is 16.2. The van der Waals surface area contributed by atoms with Gasteiger partial charge in [0.25, 0.3) is 0 Å². The van der Waals surface area contributed by atoms with E-state index in [-0.39, 0.29) is 5.82 Å². The molecule has 4 heteroatoms. The molecule has 0 unspecified atom stereocenters. The van der Waals surface area contributed by atoms with E-state index in [1.165, 1.54) is 26.4 Å². The molecule has 1 aliphatic heterocycles. The number of benzene rings is 1. The Bertz CT molecular complexity index is 431. The van der Waals surface area contributed by atoms with Crippen molar-refractivity contribution >= 4 is 0 Å². The molecule has 3 nitrogen and oxygen atoms in total. The van der Waals surface area contributed by atoms with Crippen molar-refractivity contribution in [1.29, 1.82) is 0 Å². The van der Waals surface area contributed by atoms with Gasteiger partial charge in [-0.1, -0.05) is 13.0 Å². The van der Waals surface area contributed by atoms with Gasteiger partial charge < -0.3 is 10.1 Å². The van der Waals surface area contributed by atoms with Gasteiger partial charge in [-0.15, -0.1) is 0 Å². The number of rotatable bonds is 7. The summed E-state index contributed by atoms with van der Waals surface area (Å²) in [6.45, 7) is 7.49. The van der Waals surface area contributed by atoms with Crippen LogP contribution in [0.25, 0.3) is 0 Å². The van der Waals surface area contributed by atoms with Crippen LogP contribution in [-0.4, -0.2) is 38.2 Å². The van der Waals surface area contributed by atoms with Crippen LogP contribution in [-0.2, 0) is 6.54 Å². The summed E-state index contributed by atoms with van der Waals surface area (Å²) in [5, 5.41) is 3.51. The Hall–Kier alpha value is -1.13. The topological polar surface area (TPSA) is 24.5 Å². The van der Waals surface area contributed by atoms with E-state index in [0.717, 1.165) is 44.2 Å². The highest BCUT2D eigenvalue weighted by molar-refractivity contribution is 5.29. The van der Waals surface area contributed by atoms with Crippen LogP contribution in [0.5, 0.6) is 5.75 Å². The lowest BCUT2D eigenvalue weighted by Gasteiger charge is -2.32. The molecule has 1 aromatic carbocycles. The van der Waals surface area contributed by atoms with E-state index in [2.05, 4.69) is 17.1 Å². The van der Waals surface area contributed by atoms with Gasteiger partial charge in [-0.3, -0.25) is 4.90 Å². The fourth-order valence-electron chi connectivity index (χ4n) is 2.90. The lowest BCUT2D eigenvalue weighted by molar-refractivity contribution is 0.175. The van der Waals surface area contributed by atoms with Crippen LogP contribution in [0, 0.1) is 11.7 Å². The lowest BCUT2D eigenvalue weighted by atomic mass is 9.96. The van der Waals surface area contributed by atoms with Gasteiger partial charge in [-0.05, 0) is 69.1 Å². The van der Waals surface area contributed by atoms with Crippen LogP contribution in [0.2, 0.25) is 0 Å². The number of ether oxygens (including phenoxy) is 1. The van der Waals surface area contributed by atoms with Gasteiger partial charge in [0.2, 0.25) is 0 Å². The molecule has 1 aromatic rings. The monoisotopic (exact) mass is 294 g/mol. The highest BCUT2D eigenvalue weighted by atomic mass is 19.1. The van der Waals surface area contributed by atoms with Crippen LogP contribution in [0.15, 0.2) is 18.2 Å². The molecule has 1 N–H and O–H groups in total.